The highest BCUT2D eigenvalue weighted by atomic mass is 16.5. The summed E-state index contributed by atoms with van der Waals surface area (Å²) in [5.41, 5.74) is 5.39. The number of benzene rings is 4. The monoisotopic (exact) mass is 455 g/mol. The second kappa shape index (κ2) is 8.99. The molecule has 2 heterocycles. The average Bonchev–Trinajstić information content (AvgIpc) is 3.35. The molecule has 4 nitrogen and oxygen atoms in total. The van der Waals surface area contributed by atoms with Crippen molar-refractivity contribution in [1.29, 1.82) is 0 Å². The van der Waals surface area contributed by atoms with Gasteiger partial charge in [-0.05, 0) is 46.8 Å². The molecule has 4 aromatic carbocycles. The third-order valence-electron chi connectivity index (χ3n) is 6.23. The van der Waals surface area contributed by atoms with Crippen molar-refractivity contribution < 1.29 is 4.74 Å². The maximum atomic E-state index is 6.40. The summed E-state index contributed by atoms with van der Waals surface area (Å²) in [4.78, 5) is 9.02. The lowest BCUT2D eigenvalue weighted by atomic mass is 10.0. The second-order valence-electron chi connectivity index (χ2n) is 8.76. The summed E-state index contributed by atoms with van der Waals surface area (Å²) in [5, 5.41) is 2.35. The lowest BCUT2D eigenvalue weighted by molar-refractivity contribution is 0.482. The van der Waals surface area contributed by atoms with Crippen molar-refractivity contribution in [2.24, 2.45) is 0 Å². The third-order valence-corrected chi connectivity index (χ3v) is 6.23. The molecule has 0 bridgehead atoms. The topological polar surface area (TPSA) is 28.6 Å². The number of aromatic nitrogens is 1. The van der Waals surface area contributed by atoms with Crippen LogP contribution in [0.5, 0.6) is 11.5 Å². The molecule has 0 amide bonds. The van der Waals surface area contributed by atoms with Crippen LogP contribution in [0.1, 0.15) is 0 Å². The van der Waals surface area contributed by atoms with E-state index in [-0.39, 0.29) is 0 Å². The molecule has 0 saturated carbocycles. The highest BCUT2D eigenvalue weighted by Crippen LogP contribution is 2.36. The molecular weight excluding hydrogens is 430 g/mol. The molecule has 0 unspecified atom stereocenters. The Morgan fingerprint density at radius 3 is 2.37 bits per heavy atom. The number of fused-ring (bicyclic) bond motifs is 1. The van der Waals surface area contributed by atoms with E-state index in [2.05, 4.69) is 113 Å². The van der Waals surface area contributed by atoms with Gasteiger partial charge in [0.2, 0.25) is 0 Å². The van der Waals surface area contributed by atoms with Crippen LogP contribution in [0.2, 0.25) is 0 Å². The second-order valence-corrected chi connectivity index (χ2v) is 8.76. The van der Waals surface area contributed by atoms with Gasteiger partial charge in [0.25, 0.3) is 0 Å². The van der Waals surface area contributed by atoms with Crippen LogP contribution in [-0.2, 0) is 0 Å². The summed E-state index contributed by atoms with van der Waals surface area (Å²) < 4.78 is 6.40. The van der Waals surface area contributed by atoms with Gasteiger partial charge < -0.3 is 14.5 Å². The van der Waals surface area contributed by atoms with Gasteiger partial charge in [-0.1, -0.05) is 66.7 Å². The van der Waals surface area contributed by atoms with Crippen LogP contribution in [-0.4, -0.2) is 23.6 Å². The fourth-order valence-corrected chi connectivity index (χ4v) is 4.50. The van der Waals surface area contributed by atoms with Crippen molar-refractivity contribution in [3.05, 3.63) is 122 Å². The standard InChI is InChI=1S/C31H25N3O/c1-33-16-17-34(22-33)31-21-28(18-25-10-5-6-13-29(25)31)35-27-12-7-11-26(19-27)30-20-24(14-15-32-30)23-8-3-2-4-9-23/h2-21H,22H2,1H3. The Hall–Kier alpha value is -4.57. The number of rotatable bonds is 5. The Balaban J connectivity index is 1.33. The minimum Gasteiger partial charge on any atom is -0.457 e. The largest absolute Gasteiger partial charge is 0.457 e. The quantitative estimate of drug-likeness (QED) is 0.274. The Labute approximate surface area is 205 Å². The Morgan fingerprint density at radius 2 is 1.51 bits per heavy atom. The van der Waals surface area contributed by atoms with Gasteiger partial charge in [0, 0.05) is 42.7 Å². The van der Waals surface area contributed by atoms with E-state index in [1.165, 1.54) is 10.9 Å². The van der Waals surface area contributed by atoms with Gasteiger partial charge in [-0.25, -0.2) is 0 Å². The number of nitrogens with zero attached hydrogens (tertiary/aromatic N) is 3. The fourth-order valence-electron chi connectivity index (χ4n) is 4.50. The number of hydrogen-bond donors (Lipinski definition) is 0. The van der Waals surface area contributed by atoms with Crippen molar-refractivity contribution in [2.75, 3.05) is 18.6 Å². The van der Waals surface area contributed by atoms with Crippen LogP contribution in [0, 0.1) is 0 Å². The van der Waals surface area contributed by atoms with Crippen LogP contribution in [0.4, 0.5) is 5.69 Å². The van der Waals surface area contributed by atoms with E-state index in [9.17, 15) is 0 Å². The smallest absolute Gasteiger partial charge is 0.130 e. The third kappa shape index (κ3) is 4.34. The molecule has 1 aromatic heterocycles. The SMILES string of the molecule is CN1C=CN(c2cc(Oc3cccc(-c4cc(-c5ccccc5)ccn4)c3)cc3ccccc23)C1. The number of ether oxygens (including phenoxy) is 1. The normalized spacial score (nSPS) is 12.9. The van der Waals surface area contributed by atoms with E-state index in [1.807, 2.05) is 30.5 Å². The van der Waals surface area contributed by atoms with Gasteiger partial charge in [0.1, 0.15) is 11.5 Å². The van der Waals surface area contributed by atoms with Crippen LogP contribution < -0.4 is 9.64 Å². The van der Waals surface area contributed by atoms with E-state index < -0.39 is 0 Å². The first-order valence-corrected chi connectivity index (χ1v) is 11.7. The van der Waals surface area contributed by atoms with Gasteiger partial charge in [0.15, 0.2) is 0 Å². The van der Waals surface area contributed by atoms with Gasteiger partial charge in [-0.15, -0.1) is 0 Å². The molecule has 35 heavy (non-hydrogen) atoms. The molecule has 1 aliphatic rings. The Morgan fingerprint density at radius 1 is 0.686 bits per heavy atom. The van der Waals surface area contributed by atoms with E-state index in [0.29, 0.717) is 0 Å². The molecule has 0 atom stereocenters. The van der Waals surface area contributed by atoms with Crippen LogP contribution in [0.3, 0.4) is 0 Å². The lowest BCUT2D eigenvalue weighted by Gasteiger charge is -2.21. The van der Waals surface area contributed by atoms with E-state index in [0.717, 1.165) is 46.1 Å². The molecule has 5 aromatic rings. The summed E-state index contributed by atoms with van der Waals surface area (Å²) >= 11 is 0. The highest BCUT2D eigenvalue weighted by Gasteiger charge is 2.15. The molecule has 6 rings (SSSR count). The Bertz CT molecular complexity index is 1530. The first kappa shape index (κ1) is 21.0. The summed E-state index contributed by atoms with van der Waals surface area (Å²) in [7, 11) is 2.07. The van der Waals surface area contributed by atoms with Gasteiger partial charge in [-0.3, -0.25) is 4.98 Å². The zero-order valence-corrected chi connectivity index (χ0v) is 19.5. The minimum atomic E-state index is 0.782. The zero-order chi connectivity index (χ0) is 23.6. The van der Waals surface area contributed by atoms with Crippen molar-refractivity contribution in [3.63, 3.8) is 0 Å². The van der Waals surface area contributed by atoms with Crippen LogP contribution in [0.15, 0.2) is 122 Å². The number of anilines is 1. The molecule has 170 valence electrons. The lowest BCUT2D eigenvalue weighted by Crippen LogP contribution is -2.21. The summed E-state index contributed by atoms with van der Waals surface area (Å²) in [6, 6.07) is 35.3. The molecule has 0 fully saturated rings. The predicted octanol–water partition coefficient (Wildman–Crippen LogP) is 7.54. The summed E-state index contributed by atoms with van der Waals surface area (Å²) in [5.74, 6) is 1.59. The van der Waals surface area contributed by atoms with Crippen molar-refractivity contribution in [2.45, 2.75) is 0 Å². The van der Waals surface area contributed by atoms with Crippen LogP contribution >= 0.6 is 0 Å². The molecule has 1 aliphatic heterocycles. The first-order valence-electron chi connectivity index (χ1n) is 11.7. The summed E-state index contributed by atoms with van der Waals surface area (Å²) in [6.07, 6.45) is 6.06. The maximum absolute atomic E-state index is 6.40. The first-order chi connectivity index (χ1) is 17.2. The average molecular weight is 456 g/mol. The predicted molar refractivity (Wildman–Crippen MR) is 143 cm³/mol. The van der Waals surface area contributed by atoms with Crippen molar-refractivity contribution in [3.8, 4) is 33.9 Å². The highest BCUT2D eigenvalue weighted by molar-refractivity contribution is 5.96. The van der Waals surface area contributed by atoms with Gasteiger partial charge >= 0.3 is 0 Å². The molecule has 0 radical (unpaired) electrons. The van der Waals surface area contributed by atoms with E-state index in [4.69, 9.17) is 4.74 Å². The molecule has 0 saturated heterocycles. The molecule has 0 aliphatic carbocycles. The number of hydrogen-bond acceptors (Lipinski definition) is 4. The van der Waals surface area contributed by atoms with Crippen molar-refractivity contribution in [1.82, 2.24) is 9.88 Å². The number of pyridine rings is 1. The molecule has 0 spiro atoms. The molecule has 4 heteroatoms. The van der Waals surface area contributed by atoms with Crippen molar-refractivity contribution >= 4 is 16.5 Å². The zero-order valence-electron chi connectivity index (χ0n) is 19.5. The maximum Gasteiger partial charge on any atom is 0.130 e. The van der Waals surface area contributed by atoms with Gasteiger partial charge in [-0.2, -0.15) is 0 Å². The van der Waals surface area contributed by atoms with E-state index >= 15 is 0 Å². The fraction of sp³-hybridized carbons (Fsp3) is 0.0645. The minimum absolute atomic E-state index is 0.782. The molecule has 0 N–H and O–H groups in total. The Kier molecular flexibility index (Phi) is 5.39. The molecular formula is C31H25N3O. The van der Waals surface area contributed by atoms with Crippen LogP contribution in [0.25, 0.3) is 33.2 Å². The summed E-state index contributed by atoms with van der Waals surface area (Å²) in [6.45, 7) is 0.812. The van der Waals surface area contributed by atoms with Gasteiger partial charge in [0.05, 0.1) is 18.1 Å². The van der Waals surface area contributed by atoms with E-state index in [1.54, 1.807) is 0 Å².